The highest BCUT2D eigenvalue weighted by atomic mass is 16.2. The summed E-state index contributed by atoms with van der Waals surface area (Å²) in [5.41, 5.74) is 1.37. The van der Waals surface area contributed by atoms with Gasteiger partial charge in [0.25, 0.3) is 5.56 Å². The van der Waals surface area contributed by atoms with Gasteiger partial charge in [-0.15, -0.1) is 0 Å². The lowest BCUT2D eigenvalue weighted by molar-refractivity contribution is -0.134. The molecule has 2 aliphatic rings. The van der Waals surface area contributed by atoms with Gasteiger partial charge in [-0.2, -0.15) is 0 Å². The lowest BCUT2D eigenvalue weighted by atomic mass is 9.96. The Hall–Kier alpha value is -2.50. The Morgan fingerprint density at radius 2 is 2.08 bits per heavy atom. The largest absolute Gasteiger partial charge is 0.342 e. The van der Waals surface area contributed by atoms with Gasteiger partial charge in [0.1, 0.15) is 5.82 Å². The molecule has 1 aliphatic heterocycles. The zero-order valence-electron chi connectivity index (χ0n) is 14.3. The first kappa shape index (κ1) is 16.0. The van der Waals surface area contributed by atoms with Crippen LogP contribution in [0.2, 0.25) is 0 Å². The topological polar surface area (TPSA) is 79.0 Å². The molecule has 1 amide bonds. The number of pyridine rings is 1. The summed E-state index contributed by atoms with van der Waals surface area (Å²) < 4.78 is 0. The van der Waals surface area contributed by atoms with E-state index in [4.69, 9.17) is 0 Å². The molecule has 1 saturated heterocycles. The van der Waals surface area contributed by atoms with Crippen LogP contribution in [-0.2, 0) is 4.79 Å². The van der Waals surface area contributed by atoms with Gasteiger partial charge >= 0.3 is 0 Å². The smallest absolute Gasteiger partial charge is 0.251 e. The van der Waals surface area contributed by atoms with E-state index < -0.39 is 0 Å². The number of amides is 1. The summed E-state index contributed by atoms with van der Waals surface area (Å²) >= 11 is 0. The van der Waals surface area contributed by atoms with Crippen molar-refractivity contribution in [3.63, 3.8) is 0 Å². The Balaban J connectivity index is 1.58. The molecule has 1 N–H and O–H groups in total. The number of hydrogen-bond acceptors (Lipinski definition) is 4. The van der Waals surface area contributed by atoms with Gasteiger partial charge in [-0.25, -0.2) is 4.98 Å². The number of aromatic amines is 1. The van der Waals surface area contributed by atoms with E-state index in [9.17, 15) is 9.59 Å². The fourth-order valence-electron chi connectivity index (χ4n) is 3.64. The molecule has 2 fully saturated rings. The number of rotatable bonds is 3. The first-order valence-corrected chi connectivity index (χ1v) is 8.92. The Bertz CT molecular complexity index is 833. The summed E-state index contributed by atoms with van der Waals surface area (Å²) in [6.45, 7) is 3.58. The molecular weight excluding hydrogens is 316 g/mol. The predicted molar refractivity (Wildman–Crippen MR) is 93.9 cm³/mol. The van der Waals surface area contributed by atoms with Crippen molar-refractivity contribution in [2.45, 2.75) is 32.1 Å². The van der Waals surface area contributed by atoms with Crippen LogP contribution in [0.3, 0.4) is 0 Å². The standard InChI is InChI=1S/C19H22N4O2/c1-12-9-15(12)19(25)23-8-2-3-14(11-23)18-21-16(10-17(24)22-18)13-4-6-20-7-5-13/h4-7,10,12,14-15H,2-3,8-9,11H2,1H3,(H,21,22,24)/t12-,14-,15-/m1/s1. The quantitative estimate of drug-likeness (QED) is 0.930. The van der Waals surface area contributed by atoms with Gasteiger partial charge in [-0.1, -0.05) is 6.92 Å². The zero-order valence-corrected chi connectivity index (χ0v) is 14.3. The number of carbonyl (C=O) groups excluding carboxylic acids is 1. The van der Waals surface area contributed by atoms with E-state index in [1.54, 1.807) is 12.4 Å². The maximum absolute atomic E-state index is 12.5. The summed E-state index contributed by atoms with van der Waals surface area (Å²) in [4.78, 5) is 38.2. The molecule has 0 aromatic carbocycles. The second kappa shape index (κ2) is 6.43. The summed E-state index contributed by atoms with van der Waals surface area (Å²) in [6, 6.07) is 5.20. The molecule has 4 rings (SSSR count). The van der Waals surface area contributed by atoms with Crippen LogP contribution in [0.4, 0.5) is 0 Å². The van der Waals surface area contributed by atoms with Crippen molar-refractivity contribution >= 4 is 5.91 Å². The summed E-state index contributed by atoms with van der Waals surface area (Å²) in [5, 5.41) is 0. The number of piperidine rings is 1. The number of nitrogens with one attached hydrogen (secondary N) is 1. The minimum Gasteiger partial charge on any atom is -0.342 e. The maximum atomic E-state index is 12.5. The average Bonchev–Trinajstić information content (AvgIpc) is 3.38. The van der Waals surface area contributed by atoms with Crippen molar-refractivity contribution in [2.75, 3.05) is 13.1 Å². The Kier molecular flexibility index (Phi) is 4.11. The molecule has 2 aromatic heterocycles. The van der Waals surface area contributed by atoms with E-state index in [0.717, 1.165) is 31.4 Å². The van der Waals surface area contributed by atoms with Crippen LogP contribution < -0.4 is 5.56 Å². The first-order chi connectivity index (χ1) is 12.1. The number of H-pyrrole nitrogens is 1. The molecule has 0 bridgehead atoms. The molecule has 3 heterocycles. The maximum Gasteiger partial charge on any atom is 0.251 e. The first-order valence-electron chi connectivity index (χ1n) is 8.92. The van der Waals surface area contributed by atoms with E-state index in [1.807, 2.05) is 17.0 Å². The third-order valence-corrected chi connectivity index (χ3v) is 5.28. The lowest BCUT2D eigenvalue weighted by Gasteiger charge is -2.32. The molecule has 6 heteroatoms. The van der Waals surface area contributed by atoms with Gasteiger partial charge in [0.05, 0.1) is 5.69 Å². The number of nitrogens with zero attached hydrogens (tertiary/aromatic N) is 3. The molecule has 130 valence electrons. The average molecular weight is 338 g/mol. The van der Waals surface area contributed by atoms with E-state index in [1.165, 1.54) is 6.07 Å². The van der Waals surface area contributed by atoms with Gasteiger partial charge in [-0.05, 0) is 37.3 Å². The van der Waals surface area contributed by atoms with Gasteiger partial charge < -0.3 is 9.88 Å². The minimum absolute atomic E-state index is 0.0845. The van der Waals surface area contributed by atoms with E-state index in [0.29, 0.717) is 24.0 Å². The number of carbonyl (C=O) groups is 1. The number of hydrogen-bond donors (Lipinski definition) is 1. The Labute approximate surface area is 146 Å². The number of likely N-dealkylation sites (tertiary alicyclic amines) is 1. The van der Waals surface area contributed by atoms with Crippen LogP contribution in [0.25, 0.3) is 11.3 Å². The molecule has 0 radical (unpaired) electrons. The molecule has 1 aliphatic carbocycles. The fourth-order valence-corrected chi connectivity index (χ4v) is 3.64. The van der Waals surface area contributed by atoms with Crippen LogP contribution in [0, 0.1) is 11.8 Å². The molecule has 3 atom stereocenters. The van der Waals surface area contributed by atoms with Crippen LogP contribution >= 0.6 is 0 Å². The summed E-state index contributed by atoms with van der Waals surface area (Å²) in [6.07, 6.45) is 6.27. The van der Waals surface area contributed by atoms with Crippen molar-refractivity contribution in [2.24, 2.45) is 11.8 Å². The Morgan fingerprint density at radius 1 is 1.32 bits per heavy atom. The molecule has 0 spiro atoms. The third-order valence-electron chi connectivity index (χ3n) is 5.28. The minimum atomic E-state index is -0.156. The van der Waals surface area contributed by atoms with E-state index in [2.05, 4.69) is 21.9 Å². The van der Waals surface area contributed by atoms with Gasteiger partial charge in [-0.3, -0.25) is 14.6 Å². The van der Waals surface area contributed by atoms with Gasteiger partial charge in [0.2, 0.25) is 5.91 Å². The molecule has 0 unspecified atom stereocenters. The monoisotopic (exact) mass is 338 g/mol. The van der Waals surface area contributed by atoms with Gasteiger partial charge in [0, 0.05) is 48.9 Å². The zero-order chi connectivity index (χ0) is 17.4. The van der Waals surface area contributed by atoms with Crippen LogP contribution in [0.5, 0.6) is 0 Å². The van der Waals surface area contributed by atoms with Gasteiger partial charge in [0.15, 0.2) is 0 Å². The van der Waals surface area contributed by atoms with Crippen molar-refractivity contribution < 1.29 is 4.79 Å². The summed E-state index contributed by atoms with van der Waals surface area (Å²) in [7, 11) is 0. The predicted octanol–water partition coefficient (Wildman–Crippen LogP) is 2.19. The highest BCUT2D eigenvalue weighted by Gasteiger charge is 2.42. The van der Waals surface area contributed by atoms with Crippen molar-refractivity contribution in [3.05, 3.63) is 46.8 Å². The van der Waals surface area contributed by atoms with Crippen LogP contribution in [0.1, 0.15) is 37.9 Å². The van der Waals surface area contributed by atoms with Crippen LogP contribution in [-0.4, -0.2) is 38.8 Å². The lowest BCUT2D eigenvalue weighted by Crippen LogP contribution is -2.41. The van der Waals surface area contributed by atoms with Crippen molar-refractivity contribution in [1.29, 1.82) is 0 Å². The molecule has 1 saturated carbocycles. The molecular formula is C19H22N4O2. The number of aromatic nitrogens is 3. The normalized spacial score (nSPS) is 25.6. The Morgan fingerprint density at radius 3 is 2.80 bits per heavy atom. The molecule has 25 heavy (non-hydrogen) atoms. The van der Waals surface area contributed by atoms with E-state index >= 15 is 0 Å². The highest BCUT2D eigenvalue weighted by Crippen LogP contribution is 2.40. The SMILES string of the molecule is C[C@@H]1C[C@H]1C(=O)N1CCC[C@@H](c2nc(-c3ccncc3)cc(=O)[nH]2)C1. The van der Waals surface area contributed by atoms with Crippen molar-refractivity contribution in [1.82, 2.24) is 19.9 Å². The summed E-state index contributed by atoms with van der Waals surface area (Å²) in [5.74, 6) is 1.75. The molecule has 2 aromatic rings. The fraction of sp³-hybridized carbons (Fsp3) is 0.474. The van der Waals surface area contributed by atoms with Crippen LogP contribution in [0.15, 0.2) is 35.4 Å². The third kappa shape index (κ3) is 3.34. The second-order valence-electron chi connectivity index (χ2n) is 7.19. The second-order valence-corrected chi connectivity index (χ2v) is 7.19. The van der Waals surface area contributed by atoms with Crippen molar-refractivity contribution in [3.8, 4) is 11.3 Å². The molecule has 6 nitrogen and oxygen atoms in total. The highest BCUT2D eigenvalue weighted by molar-refractivity contribution is 5.81. The van der Waals surface area contributed by atoms with E-state index in [-0.39, 0.29) is 23.3 Å².